The number of carboxylic acids is 1. The van der Waals surface area contributed by atoms with E-state index in [-0.39, 0.29) is 0 Å². The molecule has 1 fully saturated rings. The number of aryl methyl sites for hydroxylation is 1. The lowest BCUT2D eigenvalue weighted by Gasteiger charge is -2.02. The molecule has 2 heterocycles. The second kappa shape index (κ2) is 9.36. The molecular weight excluding hydrogens is 288 g/mol. The molecule has 4 heteroatoms. The van der Waals surface area contributed by atoms with Gasteiger partial charge in [-0.05, 0) is 55.6 Å². The van der Waals surface area contributed by atoms with Gasteiger partial charge in [-0.1, -0.05) is 27.7 Å². The van der Waals surface area contributed by atoms with Crippen LogP contribution in [0.1, 0.15) is 62.4 Å². The molecule has 1 aliphatic heterocycles. The summed E-state index contributed by atoms with van der Waals surface area (Å²) in [7, 11) is 1.98. The van der Waals surface area contributed by atoms with E-state index in [4.69, 9.17) is 5.11 Å². The van der Waals surface area contributed by atoms with Gasteiger partial charge in [-0.15, -0.1) is 0 Å². The average molecular weight is 318 g/mol. The fourth-order valence-corrected chi connectivity index (χ4v) is 2.64. The number of carbonyl (C=O) groups is 1. The Balaban J connectivity index is 0.000000317. The number of aromatic nitrogens is 1. The first kappa shape index (κ1) is 19.2. The van der Waals surface area contributed by atoms with E-state index in [1.54, 1.807) is 12.1 Å². The van der Waals surface area contributed by atoms with Crippen LogP contribution < -0.4 is 5.32 Å². The van der Waals surface area contributed by atoms with Gasteiger partial charge < -0.3 is 15.0 Å². The maximum absolute atomic E-state index is 10.9. The van der Waals surface area contributed by atoms with Gasteiger partial charge >= 0.3 is 5.97 Å². The van der Waals surface area contributed by atoms with Gasteiger partial charge in [0.25, 0.3) is 0 Å². The Morgan fingerprint density at radius 3 is 2.26 bits per heavy atom. The van der Waals surface area contributed by atoms with Gasteiger partial charge in [0.05, 0.1) is 5.56 Å². The van der Waals surface area contributed by atoms with Crippen molar-refractivity contribution in [3.8, 4) is 0 Å². The van der Waals surface area contributed by atoms with Crippen LogP contribution in [0.25, 0.3) is 10.9 Å². The van der Waals surface area contributed by atoms with Gasteiger partial charge in [0.1, 0.15) is 0 Å². The summed E-state index contributed by atoms with van der Waals surface area (Å²) in [5.74, 6) is -0.479. The highest BCUT2D eigenvalue weighted by Crippen LogP contribution is 2.27. The van der Waals surface area contributed by atoms with Crippen molar-refractivity contribution in [1.29, 1.82) is 0 Å². The van der Waals surface area contributed by atoms with Crippen LogP contribution in [0.2, 0.25) is 0 Å². The van der Waals surface area contributed by atoms with Crippen molar-refractivity contribution >= 4 is 16.9 Å². The number of aromatic carboxylic acids is 1. The molecule has 23 heavy (non-hydrogen) atoms. The summed E-state index contributed by atoms with van der Waals surface area (Å²) >= 11 is 0. The Morgan fingerprint density at radius 1 is 1.22 bits per heavy atom. The lowest BCUT2D eigenvalue weighted by atomic mass is 10.0. The van der Waals surface area contributed by atoms with Crippen LogP contribution >= 0.6 is 0 Å². The Kier molecular flexibility index (Phi) is 7.83. The SMILES string of the molecule is C1CCNC1.CC.CC(C)c1cn(C)c2ccc(C(=O)O)cc12. The zero-order valence-electron chi connectivity index (χ0n) is 15.0. The molecule has 1 aromatic carbocycles. The zero-order valence-corrected chi connectivity index (χ0v) is 15.0. The van der Waals surface area contributed by atoms with Crippen molar-refractivity contribution in [2.75, 3.05) is 13.1 Å². The van der Waals surface area contributed by atoms with Crippen LogP contribution in [0.3, 0.4) is 0 Å². The van der Waals surface area contributed by atoms with Crippen LogP contribution in [0, 0.1) is 0 Å². The van der Waals surface area contributed by atoms with Crippen LogP contribution in [-0.4, -0.2) is 28.7 Å². The van der Waals surface area contributed by atoms with Crippen LogP contribution in [0.4, 0.5) is 0 Å². The quantitative estimate of drug-likeness (QED) is 0.863. The highest BCUT2D eigenvalue weighted by atomic mass is 16.4. The van der Waals surface area contributed by atoms with Crippen LogP contribution in [0.15, 0.2) is 24.4 Å². The lowest BCUT2D eigenvalue weighted by molar-refractivity contribution is 0.0697. The first-order chi connectivity index (χ1) is 11.0. The summed E-state index contributed by atoms with van der Waals surface area (Å²) in [6.45, 7) is 10.7. The monoisotopic (exact) mass is 318 g/mol. The predicted molar refractivity (Wildman–Crippen MR) is 97.4 cm³/mol. The van der Waals surface area contributed by atoms with E-state index in [2.05, 4.69) is 25.4 Å². The van der Waals surface area contributed by atoms with Crippen molar-refractivity contribution < 1.29 is 9.90 Å². The van der Waals surface area contributed by atoms with E-state index in [1.807, 2.05) is 31.5 Å². The molecule has 2 aromatic rings. The van der Waals surface area contributed by atoms with E-state index in [1.165, 1.54) is 31.5 Å². The second-order valence-electron chi connectivity index (χ2n) is 5.84. The Labute approximate surface area is 139 Å². The molecule has 0 spiro atoms. The molecular formula is C19H30N2O2. The molecule has 1 aromatic heterocycles. The Bertz CT molecular complexity index is 618. The van der Waals surface area contributed by atoms with Crippen molar-refractivity contribution in [1.82, 2.24) is 9.88 Å². The largest absolute Gasteiger partial charge is 0.478 e. The molecule has 2 N–H and O–H groups in total. The van der Waals surface area contributed by atoms with Gasteiger partial charge in [-0.3, -0.25) is 0 Å². The summed E-state index contributed by atoms with van der Waals surface area (Å²) < 4.78 is 2.04. The van der Waals surface area contributed by atoms with Gasteiger partial charge in [-0.25, -0.2) is 4.79 Å². The number of nitrogens with one attached hydrogen (secondary N) is 1. The van der Waals surface area contributed by atoms with Gasteiger partial charge in [0, 0.05) is 24.1 Å². The number of rotatable bonds is 2. The summed E-state index contributed by atoms with van der Waals surface area (Å²) in [6.07, 6.45) is 4.85. The van der Waals surface area contributed by atoms with Gasteiger partial charge in [0.2, 0.25) is 0 Å². The van der Waals surface area contributed by atoms with Crippen LogP contribution in [0.5, 0.6) is 0 Å². The molecule has 0 radical (unpaired) electrons. The maximum atomic E-state index is 10.9. The third kappa shape index (κ3) is 5.10. The van der Waals surface area contributed by atoms with Crippen LogP contribution in [-0.2, 0) is 7.05 Å². The van der Waals surface area contributed by atoms with E-state index < -0.39 is 5.97 Å². The number of fused-ring (bicyclic) bond motifs is 1. The maximum Gasteiger partial charge on any atom is 0.335 e. The lowest BCUT2D eigenvalue weighted by Crippen LogP contribution is -2.03. The van der Waals surface area contributed by atoms with Crippen molar-refractivity contribution in [3.63, 3.8) is 0 Å². The molecule has 0 bridgehead atoms. The number of nitrogens with zero attached hydrogens (tertiary/aromatic N) is 1. The molecule has 4 nitrogen and oxygen atoms in total. The fourth-order valence-electron chi connectivity index (χ4n) is 2.64. The summed E-state index contributed by atoms with van der Waals surface area (Å²) in [5, 5.41) is 13.2. The predicted octanol–water partition coefficient (Wildman–Crippen LogP) is 4.40. The second-order valence-corrected chi connectivity index (χ2v) is 5.84. The van der Waals surface area contributed by atoms with Gasteiger partial charge in [0.15, 0.2) is 0 Å². The Morgan fingerprint density at radius 2 is 1.83 bits per heavy atom. The van der Waals surface area contributed by atoms with E-state index in [9.17, 15) is 4.79 Å². The highest BCUT2D eigenvalue weighted by molar-refractivity contribution is 5.95. The first-order valence-electron chi connectivity index (χ1n) is 8.53. The minimum atomic E-state index is -0.875. The smallest absolute Gasteiger partial charge is 0.335 e. The molecule has 3 rings (SSSR count). The normalized spacial score (nSPS) is 13.3. The van der Waals surface area contributed by atoms with Crippen molar-refractivity contribution in [3.05, 3.63) is 35.5 Å². The molecule has 1 saturated heterocycles. The fraction of sp³-hybridized carbons (Fsp3) is 0.526. The molecule has 0 aliphatic carbocycles. The minimum Gasteiger partial charge on any atom is -0.478 e. The Hall–Kier alpha value is -1.81. The number of hydrogen-bond donors (Lipinski definition) is 2. The summed E-state index contributed by atoms with van der Waals surface area (Å²) in [5.41, 5.74) is 2.62. The summed E-state index contributed by atoms with van der Waals surface area (Å²) in [6, 6.07) is 5.27. The van der Waals surface area contributed by atoms with Crippen molar-refractivity contribution in [2.24, 2.45) is 7.05 Å². The highest BCUT2D eigenvalue weighted by Gasteiger charge is 2.12. The number of hydrogen-bond acceptors (Lipinski definition) is 2. The molecule has 0 amide bonds. The molecule has 0 atom stereocenters. The van der Waals surface area contributed by atoms with E-state index >= 15 is 0 Å². The van der Waals surface area contributed by atoms with E-state index in [0.29, 0.717) is 11.5 Å². The number of benzene rings is 1. The topological polar surface area (TPSA) is 54.3 Å². The zero-order chi connectivity index (χ0) is 17.4. The molecule has 0 unspecified atom stereocenters. The molecule has 0 saturated carbocycles. The third-order valence-corrected chi connectivity index (χ3v) is 3.85. The summed E-state index contributed by atoms with van der Waals surface area (Å²) in [4.78, 5) is 10.9. The standard InChI is InChI=1S/C13H15NO2.C4H9N.C2H6/c1-8(2)11-7-14(3)12-5-4-9(13(15)16)6-10(11)12;1-2-4-5-3-1;1-2/h4-8H,1-3H3,(H,15,16);5H,1-4H2;1-2H3. The minimum absolute atomic E-state index is 0.348. The number of carboxylic acid groups (broad SMARTS) is 1. The van der Waals surface area contributed by atoms with Crippen molar-refractivity contribution in [2.45, 2.75) is 46.5 Å². The third-order valence-electron chi connectivity index (χ3n) is 3.85. The van der Waals surface area contributed by atoms with E-state index in [0.717, 1.165) is 10.9 Å². The first-order valence-corrected chi connectivity index (χ1v) is 8.53. The molecule has 1 aliphatic rings. The molecule has 128 valence electrons. The average Bonchev–Trinajstić information content (AvgIpc) is 3.21. The van der Waals surface area contributed by atoms with Gasteiger partial charge in [-0.2, -0.15) is 0 Å².